The molecule has 0 saturated carbocycles. The minimum atomic E-state index is 0.280. The van der Waals surface area contributed by atoms with Crippen molar-refractivity contribution in [3.63, 3.8) is 0 Å². The van der Waals surface area contributed by atoms with Crippen LogP contribution in [-0.2, 0) is 11.8 Å². The third-order valence-electron chi connectivity index (χ3n) is 4.80. The topological polar surface area (TPSA) is 12.0 Å². The highest BCUT2D eigenvalue weighted by molar-refractivity contribution is 5.42. The Morgan fingerprint density at radius 3 is 2.00 bits per heavy atom. The van der Waals surface area contributed by atoms with Crippen molar-refractivity contribution in [2.75, 3.05) is 13.1 Å². The van der Waals surface area contributed by atoms with Crippen LogP contribution >= 0.6 is 0 Å². The summed E-state index contributed by atoms with van der Waals surface area (Å²) in [6, 6.07) is 15.5. The predicted molar refractivity (Wildman–Crippen MR) is 85.3 cm³/mol. The van der Waals surface area contributed by atoms with Gasteiger partial charge in [-0.2, -0.15) is 0 Å². The Balaban J connectivity index is 2.01. The smallest absolute Gasteiger partial charge is 0.0245 e. The molecule has 20 heavy (non-hydrogen) atoms. The summed E-state index contributed by atoms with van der Waals surface area (Å²) >= 11 is 0. The predicted octanol–water partition coefficient (Wildman–Crippen LogP) is 3.70. The molecule has 1 N–H and O–H groups in total. The maximum atomic E-state index is 3.49. The summed E-state index contributed by atoms with van der Waals surface area (Å²) in [6.07, 6.45) is 1.14. The van der Waals surface area contributed by atoms with Crippen molar-refractivity contribution >= 4 is 0 Å². The van der Waals surface area contributed by atoms with Crippen molar-refractivity contribution in [3.05, 3.63) is 70.3 Å². The van der Waals surface area contributed by atoms with Crippen LogP contribution < -0.4 is 5.32 Å². The zero-order valence-corrected chi connectivity index (χ0v) is 12.7. The van der Waals surface area contributed by atoms with Gasteiger partial charge in [-0.15, -0.1) is 0 Å². The summed E-state index contributed by atoms with van der Waals surface area (Å²) < 4.78 is 0. The standard InChI is InChI=1S/C19H23N/c1-14-8-6-9-15(2)17(14)11-19(12-20-13-19)18-10-5-4-7-16(18)3/h4-10,20H,11-13H2,1-3H3. The van der Waals surface area contributed by atoms with E-state index in [1.807, 2.05) is 0 Å². The van der Waals surface area contributed by atoms with Crippen LogP contribution in [0.4, 0.5) is 0 Å². The molecule has 0 bridgehead atoms. The molecule has 1 saturated heterocycles. The number of rotatable bonds is 3. The van der Waals surface area contributed by atoms with Gasteiger partial charge in [0.1, 0.15) is 0 Å². The highest BCUT2D eigenvalue weighted by Gasteiger charge is 2.40. The van der Waals surface area contributed by atoms with Gasteiger partial charge in [0.15, 0.2) is 0 Å². The van der Waals surface area contributed by atoms with E-state index in [0.29, 0.717) is 0 Å². The molecule has 3 rings (SSSR count). The first-order valence-corrected chi connectivity index (χ1v) is 7.44. The van der Waals surface area contributed by atoms with E-state index in [4.69, 9.17) is 0 Å². The van der Waals surface area contributed by atoms with Crippen LogP contribution in [0.5, 0.6) is 0 Å². The summed E-state index contributed by atoms with van der Waals surface area (Å²) in [5.41, 5.74) is 7.58. The van der Waals surface area contributed by atoms with Crippen LogP contribution in [0.25, 0.3) is 0 Å². The van der Waals surface area contributed by atoms with E-state index in [2.05, 4.69) is 68.6 Å². The Kier molecular flexibility index (Phi) is 3.39. The van der Waals surface area contributed by atoms with Gasteiger partial charge in [-0.3, -0.25) is 0 Å². The lowest BCUT2D eigenvalue weighted by Gasteiger charge is -2.45. The molecule has 0 spiro atoms. The molecule has 0 radical (unpaired) electrons. The second-order valence-corrected chi connectivity index (χ2v) is 6.25. The van der Waals surface area contributed by atoms with Crippen LogP contribution in [0, 0.1) is 20.8 Å². The molecule has 0 atom stereocenters. The maximum absolute atomic E-state index is 3.49. The number of hydrogen-bond acceptors (Lipinski definition) is 1. The van der Waals surface area contributed by atoms with E-state index in [0.717, 1.165) is 19.5 Å². The molecule has 1 fully saturated rings. The van der Waals surface area contributed by atoms with E-state index in [1.54, 1.807) is 0 Å². The van der Waals surface area contributed by atoms with E-state index < -0.39 is 0 Å². The summed E-state index contributed by atoms with van der Waals surface area (Å²) in [7, 11) is 0. The van der Waals surface area contributed by atoms with E-state index in [1.165, 1.54) is 27.8 Å². The van der Waals surface area contributed by atoms with Gasteiger partial charge in [0.2, 0.25) is 0 Å². The van der Waals surface area contributed by atoms with Crippen molar-refractivity contribution in [1.29, 1.82) is 0 Å². The van der Waals surface area contributed by atoms with Gasteiger partial charge in [-0.05, 0) is 55.0 Å². The Hall–Kier alpha value is -1.60. The van der Waals surface area contributed by atoms with Crippen LogP contribution in [0.1, 0.15) is 27.8 Å². The molecule has 0 aromatic heterocycles. The fourth-order valence-electron chi connectivity index (χ4n) is 3.47. The number of hydrogen-bond donors (Lipinski definition) is 1. The molecular formula is C19H23N. The van der Waals surface area contributed by atoms with Crippen molar-refractivity contribution in [2.45, 2.75) is 32.6 Å². The zero-order chi connectivity index (χ0) is 14.2. The molecule has 1 heteroatoms. The van der Waals surface area contributed by atoms with E-state index >= 15 is 0 Å². The maximum Gasteiger partial charge on any atom is 0.0245 e. The highest BCUT2D eigenvalue weighted by atomic mass is 15.0. The van der Waals surface area contributed by atoms with Crippen LogP contribution in [0.3, 0.4) is 0 Å². The summed E-state index contributed by atoms with van der Waals surface area (Å²) in [6.45, 7) is 8.89. The largest absolute Gasteiger partial charge is 0.315 e. The molecule has 2 aromatic rings. The lowest BCUT2D eigenvalue weighted by molar-refractivity contribution is 0.273. The monoisotopic (exact) mass is 265 g/mol. The van der Waals surface area contributed by atoms with Gasteiger partial charge in [0, 0.05) is 18.5 Å². The minimum absolute atomic E-state index is 0.280. The van der Waals surface area contributed by atoms with Crippen molar-refractivity contribution in [2.24, 2.45) is 0 Å². The number of benzene rings is 2. The third-order valence-corrected chi connectivity index (χ3v) is 4.80. The Bertz CT molecular complexity index is 603. The zero-order valence-electron chi connectivity index (χ0n) is 12.7. The first kappa shape index (κ1) is 13.4. The van der Waals surface area contributed by atoms with Crippen LogP contribution in [0.2, 0.25) is 0 Å². The first-order chi connectivity index (χ1) is 9.62. The molecule has 2 aromatic carbocycles. The molecule has 0 unspecified atom stereocenters. The van der Waals surface area contributed by atoms with Crippen molar-refractivity contribution in [3.8, 4) is 0 Å². The molecule has 1 aliphatic heterocycles. The third kappa shape index (κ3) is 2.16. The fraction of sp³-hybridized carbons (Fsp3) is 0.368. The molecule has 0 aliphatic carbocycles. The van der Waals surface area contributed by atoms with E-state index in [9.17, 15) is 0 Å². The summed E-state index contributed by atoms with van der Waals surface area (Å²) in [5.74, 6) is 0. The number of aryl methyl sites for hydroxylation is 3. The molecule has 0 amide bonds. The minimum Gasteiger partial charge on any atom is -0.315 e. The van der Waals surface area contributed by atoms with Gasteiger partial charge in [-0.25, -0.2) is 0 Å². The van der Waals surface area contributed by atoms with Crippen molar-refractivity contribution in [1.82, 2.24) is 5.32 Å². The molecule has 1 heterocycles. The lowest BCUT2D eigenvalue weighted by atomic mass is 9.68. The molecular weight excluding hydrogens is 242 g/mol. The van der Waals surface area contributed by atoms with Gasteiger partial charge in [0.05, 0.1) is 0 Å². The van der Waals surface area contributed by atoms with Crippen LogP contribution in [-0.4, -0.2) is 13.1 Å². The molecule has 1 nitrogen and oxygen atoms in total. The Morgan fingerprint density at radius 1 is 0.850 bits per heavy atom. The van der Waals surface area contributed by atoms with Gasteiger partial charge in [-0.1, -0.05) is 42.5 Å². The average Bonchev–Trinajstić information content (AvgIpc) is 2.38. The van der Waals surface area contributed by atoms with E-state index in [-0.39, 0.29) is 5.41 Å². The average molecular weight is 265 g/mol. The quantitative estimate of drug-likeness (QED) is 0.892. The van der Waals surface area contributed by atoms with Gasteiger partial charge >= 0.3 is 0 Å². The number of nitrogens with one attached hydrogen (secondary N) is 1. The Morgan fingerprint density at radius 2 is 1.45 bits per heavy atom. The fourth-order valence-corrected chi connectivity index (χ4v) is 3.47. The van der Waals surface area contributed by atoms with Gasteiger partial charge in [0.25, 0.3) is 0 Å². The molecule has 1 aliphatic rings. The second kappa shape index (κ2) is 5.06. The van der Waals surface area contributed by atoms with Gasteiger partial charge < -0.3 is 5.32 Å². The van der Waals surface area contributed by atoms with Crippen LogP contribution in [0.15, 0.2) is 42.5 Å². The summed E-state index contributed by atoms with van der Waals surface area (Å²) in [5, 5.41) is 3.49. The molecule has 104 valence electrons. The lowest BCUT2D eigenvalue weighted by Crippen LogP contribution is -2.58. The highest BCUT2D eigenvalue weighted by Crippen LogP contribution is 2.36. The normalized spacial score (nSPS) is 16.8. The second-order valence-electron chi connectivity index (χ2n) is 6.25. The van der Waals surface area contributed by atoms with Crippen molar-refractivity contribution < 1.29 is 0 Å². The SMILES string of the molecule is Cc1ccccc1C1(Cc2c(C)cccc2C)CNC1. The first-order valence-electron chi connectivity index (χ1n) is 7.44. The summed E-state index contributed by atoms with van der Waals surface area (Å²) in [4.78, 5) is 0. The Labute approximate surface area is 122 Å².